The summed E-state index contributed by atoms with van der Waals surface area (Å²) in [6, 6.07) is 8.83. The summed E-state index contributed by atoms with van der Waals surface area (Å²) in [6.07, 6.45) is -4.96. The van der Waals surface area contributed by atoms with Gasteiger partial charge in [-0.3, -0.25) is 14.2 Å². The third-order valence-corrected chi connectivity index (χ3v) is 4.21. The van der Waals surface area contributed by atoms with E-state index in [2.05, 4.69) is 4.74 Å². The monoisotopic (exact) mass is 392 g/mol. The highest BCUT2D eigenvalue weighted by atomic mass is 19.4. The lowest BCUT2D eigenvalue weighted by Crippen LogP contribution is -2.18. The lowest BCUT2D eigenvalue weighted by atomic mass is 10.1. The summed E-state index contributed by atoms with van der Waals surface area (Å²) in [5.41, 5.74) is 6.77. The average molecular weight is 392 g/mol. The Labute approximate surface area is 156 Å². The molecule has 3 rings (SSSR count). The Kier molecular flexibility index (Phi) is 4.76. The third-order valence-electron chi connectivity index (χ3n) is 4.21. The maximum absolute atomic E-state index is 13.0. The van der Waals surface area contributed by atoms with Crippen LogP contribution in [0.25, 0.3) is 10.9 Å². The first-order chi connectivity index (χ1) is 13.1. The zero-order valence-corrected chi connectivity index (χ0v) is 14.6. The molecule has 0 fully saturated rings. The number of ether oxygens (including phenoxy) is 1. The van der Waals surface area contributed by atoms with Crippen molar-refractivity contribution < 1.29 is 32.6 Å². The van der Waals surface area contributed by atoms with Gasteiger partial charge in [-0.05, 0) is 55.0 Å². The fourth-order valence-electron chi connectivity index (χ4n) is 3.06. The van der Waals surface area contributed by atoms with Crippen LogP contribution in [0.3, 0.4) is 0 Å². The molecule has 0 unspecified atom stereocenters. The van der Waals surface area contributed by atoms with Gasteiger partial charge in [0.05, 0.1) is 11.9 Å². The molecule has 2 aromatic carbocycles. The Morgan fingerprint density at radius 2 is 1.79 bits per heavy atom. The maximum atomic E-state index is 13.0. The van der Waals surface area contributed by atoms with Crippen LogP contribution in [0.2, 0.25) is 0 Å². The van der Waals surface area contributed by atoms with Gasteiger partial charge in [-0.2, -0.15) is 0 Å². The van der Waals surface area contributed by atoms with Crippen molar-refractivity contribution in [2.75, 3.05) is 0 Å². The molecule has 1 amide bonds. The van der Waals surface area contributed by atoms with Crippen LogP contribution in [0.4, 0.5) is 13.2 Å². The first-order valence-electron chi connectivity index (χ1n) is 8.08. The summed E-state index contributed by atoms with van der Waals surface area (Å²) in [6.45, 7) is 1.62. The van der Waals surface area contributed by atoms with Crippen LogP contribution in [0.1, 0.15) is 21.6 Å². The molecule has 0 bridgehead atoms. The highest BCUT2D eigenvalue weighted by Gasteiger charge is 2.31. The van der Waals surface area contributed by atoms with E-state index in [1.54, 1.807) is 6.92 Å². The number of alkyl halides is 3. The van der Waals surface area contributed by atoms with E-state index in [0.717, 1.165) is 12.1 Å². The number of carbonyl (C=O) groups is 2. The number of hydrogen-bond acceptors (Lipinski definition) is 4. The van der Waals surface area contributed by atoms with Crippen molar-refractivity contribution >= 4 is 22.7 Å². The number of nitrogens with two attached hydrogens (primary N) is 1. The molecule has 0 atom stereocenters. The number of aromatic nitrogens is 1. The third kappa shape index (κ3) is 3.78. The number of hydrogen-bond donors (Lipinski definition) is 2. The molecule has 1 aromatic heterocycles. The van der Waals surface area contributed by atoms with E-state index in [1.165, 1.54) is 34.9 Å². The van der Waals surface area contributed by atoms with Crippen molar-refractivity contribution in [2.45, 2.75) is 19.7 Å². The summed E-state index contributed by atoms with van der Waals surface area (Å²) in [5, 5.41) is 10.2. The van der Waals surface area contributed by atoms with Crippen molar-refractivity contribution in [2.24, 2.45) is 5.73 Å². The fourth-order valence-corrected chi connectivity index (χ4v) is 3.06. The van der Waals surface area contributed by atoms with Crippen LogP contribution in [0.5, 0.6) is 11.5 Å². The minimum atomic E-state index is -4.83. The summed E-state index contributed by atoms with van der Waals surface area (Å²) >= 11 is 0. The second kappa shape index (κ2) is 6.91. The fraction of sp³-hybridized carbons (Fsp3) is 0.158. The predicted octanol–water partition coefficient (Wildman–Crippen LogP) is 3.27. The van der Waals surface area contributed by atoms with E-state index in [4.69, 9.17) is 5.73 Å². The molecule has 9 heteroatoms. The van der Waals surface area contributed by atoms with Gasteiger partial charge in [-0.15, -0.1) is 13.2 Å². The number of aromatic hydroxyl groups is 1. The molecule has 0 spiro atoms. The first-order valence-corrected chi connectivity index (χ1v) is 8.08. The van der Waals surface area contributed by atoms with E-state index < -0.39 is 23.9 Å². The zero-order chi connectivity index (χ0) is 20.6. The predicted molar refractivity (Wildman–Crippen MR) is 94.1 cm³/mol. The van der Waals surface area contributed by atoms with Gasteiger partial charge in [-0.1, -0.05) is 0 Å². The number of halogens is 3. The number of carbonyl (C=O) groups excluding carboxylic acids is 2. The number of nitrogens with zero attached hydrogens (tertiary/aromatic N) is 1. The molecule has 3 aromatic rings. The SMILES string of the molecule is Cc1c(CC(N)=O)c2cc(O)ccc2n1C(=O)c1ccc(OC(F)(F)F)cc1. The van der Waals surface area contributed by atoms with Gasteiger partial charge < -0.3 is 15.6 Å². The number of amides is 1. The average Bonchev–Trinajstić information content (AvgIpc) is 2.85. The zero-order valence-electron chi connectivity index (χ0n) is 14.6. The number of primary amides is 1. The minimum Gasteiger partial charge on any atom is -0.508 e. The number of fused-ring (bicyclic) bond motifs is 1. The lowest BCUT2D eigenvalue weighted by Gasteiger charge is -2.10. The number of rotatable bonds is 4. The second-order valence-corrected chi connectivity index (χ2v) is 6.12. The van der Waals surface area contributed by atoms with Crippen LogP contribution in [-0.2, 0) is 11.2 Å². The van der Waals surface area contributed by atoms with E-state index >= 15 is 0 Å². The molecule has 146 valence electrons. The smallest absolute Gasteiger partial charge is 0.508 e. The summed E-state index contributed by atoms with van der Waals surface area (Å²) in [5.74, 6) is -1.61. The maximum Gasteiger partial charge on any atom is 0.573 e. The van der Waals surface area contributed by atoms with Gasteiger partial charge in [0.2, 0.25) is 5.91 Å². The van der Waals surface area contributed by atoms with Crippen molar-refractivity contribution in [1.82, 2.24) is 4.57 Å². The number of phenols is 1. The highest BCUT2D eigenvalue weighted by molar-refractivity contribution is 6.05. The van der Waals surface area contributed by atoms with Crippen molar-refractivity contribution in [3.63, 3.8) is 0 Å². The topological polar surface area (TPSA) is 94.5 Å². The first kappa shape index (κ1) is 19.3. The molecule has 0 aliphatic rings. The molecular weight excluding hydrogens is 377 g/mol. The summed E-state index contributed by atoms with van der Waals surface area (Å²) < 4.78 is 42.0. The molecule has 0 aliphatic heterocycles. The quantitative estimate of drug-likeness (QED) is 0.713. The van der Waals surface area contributed by atoms with Crippen LogP contribution in [-0.4, -0.2) is 27.9 Å². The van der Waals surface area contributed by atoms with Gasteiger partial charge in [0, 0.05) is 16.6 Å². The molecule has 28 heavy (non-hydrogen) atoms. The van der Waals surface area contributed by atoms with E-state index in [0.29, 0.717) is 22.2 Å². The Morgan fingerprint density at radius 3 is 2.36 bits per heavy atom. The number of benzene rings is 2. The molecule has 1 heterocycles. The van der Waals surface area contributed by atoms with Crippen LogP contribution >= 0.6 is 0 Å². The van der Waals surface area contributed by atoms with Gasteiger partial charge >= 0.3 is 6.36 Å². The van der Waals surface area contributed by atoms with Crippen molar-refractivity contribution in [3.8, 4) is 11.5 Å². The largest absolute Gasteiger partial charge is 0.573 e. The van der Waals surface area contributed by atoms with Crippen LogP contribution in [0.15, 0.2) is 42.5 Å². The molecule has 0 saturated heterocycles. The Morgan fingerprint density at radius 1 is 1.14 bits per heavy atom. The van der Waals surface area contributed by atoms with Crippen LogP contribution in [0, 0.1) is 6.92 Å². The summed E-state index contributed by atoms with van der Waals surface area (Å²) in [4.78, 5) is 24.4. The summed E-state index contributed by atoms with van der Waals surface area (Å²) in [7, 11) is 0. The normalized spacial score (nSPS) is 11.6. The molecule has 6 nitrogen and oxygen atoms in total. The highest BCUT2D eigenvalue weighted by Crippen LogP contribution is 2.30. The van der Waals surface area contributed by atoms with Gasteiger partial charge in [0.25, 0.3) is 5.91 Å². The van der Waals surface area contributed by atoms with E-state index in [9.17, 15) is 27.9 Å². The van der Waals surface area contributed by atoms with Crippen LogP contribution < -0.4 is 10.5 Å². The van der Waals surface area contributed by atoms with Crippen molar-refractivity contribution in [1.29, 1.82) is 0 Å². The Bertz CT molecular complexity index is 1070. The van der Waals surface area contributed by atoms with Crippen molar-refractivity contribution in [3.05, 3.63) is 59.3 Å². The second-order valence-electron chi connectivity index (χ2n) is 6.12. The molecule has 0 radical (unpaired) electrons. The number of phenolic OH excluding ortho intramolecular Hbond substituents is 1. The van der Waals surface area contributed by atoms with E-state index in [-0.39, 0.29) is 17.7 Å². The molecule has 0 aliphatic carbocycles. The molecule has 0 saturated carbocycles. The standard InChI is InChI=1S/C19H15F3N2O4/c1-10-14(9-17(23)26)15-8-12(25)4-7-16(15)24(10)18(27)11-2-5-13(6-3-11)28-19(20,21)22/h2-8,25H,9H2,1H3,(H2,23,26). The Hall–Kier alpha value is -3.49. The molecule has 3 N–H and O–H groups in total. The lowest BCUT2D eigenvalue weighted by molar-refractivity contribution is -0.274. The Balaban J connectivity index is 2.07. The van der Waals surface area contributed by atoms with Gasteiger partial charge in [0.15, 0.2) is 0 Å². The molecular formula is C19H15F3N2O4. The minimum absolute atomic E-state index is 0.0449. The van der Waals surface area contributed by atoms with Gasteiger partial charge in [-0.25, -0.2) is 0 Å². The van der Waals surface area contributed by atoms with E-state index in [1.807, 2.05) is 0 Å². The van der Waals surface area contributed by atoms with Gasteiger partial charge in [0.1, 0.15) is 11.5 Å².